The average Bonchev–Trinajstić information content (AvgIpc) is 3.54. The normalized spacial score (nSPS) is 11.7. The average molecular weight is 683 g/mol. The van der Waals surface area contributed by atoms with Crippen molar-refractivity contribution in [3.63, 3.8) is 0 Å². The number of rotatable bonds is 8. The topological polar surface area (TPSA) is 78.5 Å². The lowest BCUT2D eigenvalue weighted by Crippen LogP contribution is -2.20. The largest absolute Gasteiger partial charge is 0.462 e. The summed E-state index contributed by atoms with van der Waals surface area (Å²) in [6.45, 7) is 2.00. The van der Waals surface area contributed by atoms with Gasteiger partial charge in [-0.15, -0.1) is 0 Å². The lowest BCUT2D eigenvalue weighted by molar-refractivity contribution is -0.137. The van der Waals surface area contributed by atoms with E-state index in [1.807, 2.05) is 83.4 Å². The summed E-state index contributed by atoms with van der Waals surface area (Å²) in [5.74, 6) is -0.471. The van der Waals surface area contributed by atoms with Gasteiger partial charge in [0.1, 0.15) is 0 Å². The second kappa shape index (κ2) is 13.8. The van der Waals surface area contributed by atoms with E-state index in [0.717, 1.165) is 45.0 Å². The molecule has 0 saturated heterocycles. The maximum absolute atomic E-state index is 14.0. The molecule has 2 aromatic heterocycles. The summed E-state index contributed by atoms with van der Waals surface area (Å²) >= 11 is 0. The SMILES string of the molecule is CCOC(=O)c1ccc(-n2c(-c3ccccc3)cc(C=Nn3c(-c4cccc(C(F)(F)F)c4)nc4ccccc4c3=O)c2-c2ccccc2)cc1. The van der Waals surface area contributed by atoms with Crippen LogP contribution >= 0.6 is 0 Å². The molecule has 7 aromatic rings. The van der Waals surface area contributed by atoms with E-state index in [1.54, 1.807) is 43.3 Å². The molecule has 0 atom stereocenters. The van der Waals surface area contributed by atoms with Crippen molar-refractivity contribution in [3.8, 4) is 39.6 Å². The van der Waals surface area contributed by atoms with Crippen molar-refractivity contribution in [2.24, 2.45) is 5.10 Å². The highest BCUT2D eigenvalue weighted by atomic mass is 19.4. The monoisotopic (exact) mass is 682 g/mol. The van der Waals surface area contributed by atoms with Crippen LogP contribution in [0.15, 0.2) is 149 Å². The van der Waals surface area contributed by atoms with E-state index in [4.69, 9.17) is 4.74 Å². The zero-order valence-electron chi connectivity index (χ0n) is 27.2. The smallest absolute Gasteiger partial charge is 0.416 e. The summed E-state index contributed by atoms with van der Waals surface area (Å²) in [7, 11) is 0. The van der Waals surface area contributed by atoms with Gasteiger partial charge >= 0.3 is 12.1 Å². The predicted molar refractivity (Wildman–Crippen MR) is 192 cm³/mol. The van der Waals surface area contributed by atoms with E-state index >= 15 is 0 Å². The van der Waals surface area contributed by atoms with Crippen LogP contribution in [-0.4, -0.2) is 33.0 Å². The Hall–Kier alpha value is -6.55. The Morgan fingerprint density at radius 2 is 1.43 bits per heavy atom. The molecule has 0 spiro atoms. The number of fused-ring (bicyclic) bond motifs is 1. The zero-order chi connectivity index (χ0) is 35.5. The molecule has 0 bridgehead atoms. The molecule has 0 saturated carbocycles. The summed E-state index contributed by atoms with van der Waals surface area (Å²) < 4.78 is 49.6. The number of ether oxygens (including phenoxy) is 1. The van der Waals surface area contributed by atoms with Crippen LogP contribution in [0.5, 0.6) is 0 Å². The van der Waals surface area contributed by atoms with Crippen molar-refractivity contribution < 1.29 is 22.7 Å². The van der Waals surface area contributed by atoms with Crippen molar-refractivity contribution in [1.29, 1.82) is 0 Å². The molecule has 0 aliphatic rings. The minimum atomic E-state index is -4.60. The number of carbonyl (C=O) groups is 1. The van der Waals surface area contributed by atoms with E-state index in [0.29, 0.717) is 16.6 Å². The minimum absolute atomic E-state index is 0.0421. The Morgan fingerprint density at radius 3 is 2.12 bits per heavy atom. The first-order valence-electron chi connectivity index (χ1n) is 16.1. The summed E-state index contributed by atoms with van der Waals surface area (Å²) in [4.78, 5) is 31.1. The Bertz CT molecular complexity index is 2450. The fourth-order valence-corrected chi connectivity index (χ4v) is 5.94. The van der Waals surface area contributed by atoms with Crippen molar-refractivity contribution >= 4 is 23.1 Å². The molecule has 7 nitrogen and oxygen atoms in total. The van der Waals surface area contributed by atoms with E-state index < -0.39 is 23.3 Å². The van der Waals surface area contributed by atoms with Crippen LogP contribution in [0.1, 0.15) is 28.4 Å². The first-order valence-corrected chi connectivity index (χ1v) is 16.1. The zero-order valence-corrected chi connectivity index (χ0v) is 27.2. The van der Waals surface area contributed by atoms with Gasteiger partial charge in [0, 0.05) is 16.8 Å². The second-order valence-electron chi connectivity index (χ2n) is 11.6. The third kappa shape index (κ3) is 6.59. The van der Waals surface area contributed by atoms with Crippen LogP contribution in [0.3, 0.4) is 0 Å². The van der Waals surface area contributed by atoms with E-state index in [1.165, 1.54) is 18.3 Å². The molecule has 0 fully saturated rings. The number of alkyl halides is 3. The highest BCUT2D eigenvalue weighted by Gasteiger charge is 2.31. The number of esters is 1. The summed E-state index contributed by atoms with van der Waals surface area (Å²) in [6, 6.07) is 39.6. The predicted octanol–water partition coefficient (Wildman–Crippen LogP) is 9.27. The summed E-state index contributed by atoms with van der Waals surface area (Å²) in [5.41, 5.74) is 4.00. The number of halogens is 3. The molecule has 252 valence electrons. The molecule has 5 aromatic carbocycles. The standard InChI is InChI=1S/C41H29F3N4O3/c1-2-51-40(50)29-20-22-33(23-21-29)47-36(27-12-5-3-6-13-27)25-31(37(47)28-14-7-4-8-15-28)26-45-48-38(30-16-11-17-32(24-30)41(42,43)44)46-35-19-10-9-18-34(35)39(48)49/h3-26H,2H2,1H3. The Labute approximate surface area is 290 Å². The fourth-order valence-electron chi connectivity index (χ4n) is 5.94. The number of benzene rings is 5. The molecule has 0 radical (unpaired) electrons. The second-order valence-corrected chi connectivity index (χ2v) is 11.6. The minimum Gasteiger partial charge on any atom is -0.462 e. The maximum atomic E-state index is 14.0. The van der Waals surface area contributed by atoms with Crippen LogP contribution in [0.25, 0.3) is 50.5 Å². The Balaban J connectivity index is 1.47. The quantitative estimate of drug-likeness (QED) is 0.118. The molecule has 10 heteroatoms. The number of para-hydroxylation sites is 1. The van der Waals surface area contributed by atoms with Gasteiger partial charge in [-0.05, 0) is 72.6 Å². The van der Waals surface area contributed by atoms with Crippen LogP contribution in [-0.2, 0) is 10.9 Å². The lowest BCUT2D eigenvalue weighted by Gasteiger charge is -2.15. The van der Waals surface area contributed by atoms with Crippen LogP contribution in [0.2, 0.25) is 0 Å². The maximum Gasteiger partial charge on any atom is 0.416 e. The highest BCUT2D eigenvalue weighted by molar-refractivity contribution is 5.94. The van der Waals surface area contributed by atoms with E-state index in [2.05, 4.69) is 10.1 Å². The van der Waals surface area contributed by atoms with Crippen molar-refractivity contribution in [3.05, 3.63) is 167 Å². The molecule has 0 aliphatic heterocycles. The molecule has 51 heavy (non-hydrogen) atoms. The molecule has 0 unspecified atom stereocenters. The Morgan fingerprint density at radius 1 is 0.784 bits per heavy atom. The van der Waals surface area contributed by atoms with Crippen LogP contribution in [0, 0.1) is 0 Å². The van der Waals surface area contributed by atoms with Gasteiger partial charge in [-0.1, -0.05) is 84.9 Å². The molecule has 0 amide bonds. The van der Waals surface area contributed by atoms with Gasteiger partial charge in [0.05, 0.1) is 46.2 Å². The van der Waals surface area contributed by atoms with Gasteiger partial charge in [-0.3, -0.25) is 4.79 Å². The number of aromatic nitrogens is 3. The fraction of sp³-hybridized carbons (Fsp3) is 0.0732. The number of hydrogen-bond acceptors (Lipinski definition) is 5. The number of carbonyl (C=O) groups excluding carboxylic acids is 1. The van der Waals surface area contributed by atoms with Gasteiger partial charge in [0.15, 0.2) is 5.82 Å². The molecular formula is C41H29F3N4O3. The van der Waals surface area contributed by atoms with Crippen molar-refractivity contribution in [1.82, 2.24) is 14.2 Å². The lowest BCUT2D eigenvalue weighted by atomic mass is 10.1. The van der Waals surface area contributed by atoms with Gasteiger partial charge in [-0.25, -0.2) is 9.78 Å². The molecular weight excluding hydrogens is 653 g/mol. The first kappa shape index (κ1) is 33.0. The van der Waals surface area contributed by atoms with Crippen molar-refractivity contribution in [2.45, 2.75) is 13.1 Å². The van der Waals surface area contributed by atoms with Crippen LogP contribution < -0.4 is 5.56 Å². The van der Waals surface area contributed by atoms with Gasteiger partial charge in [-0.2, -0.15) is 22.9 Å². The number of hydrogen-bond donors (Lipinski definition) is 0. The van der Waals surface area contributed by atoms with Gasteiger partial charge in [0.25, 0.3) is 5.56 Å². The molecule has 0 aliphatic carbocycles. The number of nitrogens with zero attached hydrogens (tertiary/aromatic N) is 4. The van der Waals surface area contributed by atoms with Gasteiger partial charge < -0.3 is 9.30 Å². The molecule has 7 rings (SSSR count). The van der Waals surface area contributed by atoms with E-state index in [-0.39, 0.29) is 23.4 Å². The van der Waals surface area contributed by atoms with Crippen LogP contribution in [0.4, 0.5) is 13.2 Å². The molecule has 0 N–H and O–H groups in total. The molecule has 2 heterocycles. The summed E-state index contributed by atoms with van der Waals surface area (Å²) in [5, 5.41) is 4.90. The van der Waals surface area contributed by atoms with Crippen molar-refractivity contribution in [2.75, 3.05) is 6.61 Å². The van der Waals surface area contributed by atoms with E-state index in [9.17, 15) is 22.8 Å². The van der Waals surface area contributed by atoms with Gasteiger partial charge in [0.2, 0.25) is 0 Å². The first-order chi connectivity index (χ1) is 24.7. The third-order valence-corrected chi connectivity index (χ3v) is 8.30. The third-order valence-electron chi connectivity index (χ3n) is 8.30. The Kier molecular flexibility index (Phi) is 8.89. The summed E-state index contributed by atoms with van der Waals surface area (Å²) in [6.07, 6.45) is -3.08. The highest BCUT2D eigenvalue weighted by Crippen LogP contribution is 2.36.